The summed E-state index contributed by atoms with van der Waals surface area (Å²) in [6.07, 6.45) is 0.948. The summed E-state index contributed by atoms with van der Waals surface area (Å²) in [7, 11) is -1.94. The Morgan fingerprint density at radius 2 is 2.05 bits per heavy atom. The van der Waals surface area contributed by atoms with Crippen molar-refractivity contribution in [2.45, 2.75) is 17.9 Å². The highest BCUT2D eigenvalue weighted by atomic mass is 32.2. The fourth-order valence-electron chi connectivity index (χ4n) is 1.62. The Balaban J connectivity index is 2.92. The molecule has 0 aromatic heterocycles. The number of nitrogens with one attached hydrogen (secondary N) is 2. The molecule has 0 aliphatic heterocycles. The first-order valence-corrected chi connectivity index (χ1v) is 7.58. The highest BCUT2D eigenvalue weighted by Gasteiger charge is 2.16. The van der Waals surface area contributed by atoms with Gasteiger partial charge >= 0.3 is 0 Å². The lowest BCUT2D eigenvalue weighted by atomic mass is 10.1. The number of halogens is 1. The molecule has 106 valence electrons. The first-order valence-electron chi connectivity index (χ1n) is 5.69. The Hall–Kier alpha value is -1.47. The third kappa shape index (κ3) is 4.29. The molecule has 0 aliphatic rings. The highest BCUT2D eigenvalue weighted by Crippen LogP contribution is 2.20. The number of carbonyl (C=O) groups excluding carboxylic acids is 1. The Bertz CT molecular complexity index is 572. The predicted octanol–water partition coefficient (Wildman–Crippen LogP) is 0.626. The largest absolute Gasteiger partial charge is 0.348 e. The Morgan fingerprint density at radius 1 is 1.42 bits per heavy atom. The van der Waals surface area contributed by atoms with Gasteiger partial charge in [-0.3, -0.25) is 4.79 Å². The van der Waals surface area contributed by atoms with Crippen molar-refractivity contribution in [3.63, 3.8) is 0 Å². The number of rotatable bonds is 5. The number of hydrogen-bond acceptors (Lipinski definition) is 4. The summed E-state index contributed by atoms with van der Waals surface area (Å²) < 4.78 is 36.2. The second kappa shape index (κ2) is 6.12. The number of carbonyl (C=O) groups is 1. The molecule has 1 rings (SSSR count). The molecule has 0 radical (unpaired) electrons. The van der Waals surface area contributed by atoms with Crippen LogP contribution in [0.2, 0.25) is 0 Å². The van der Waals surface area contributed by atoms with E-state index in [2.05, 4.69) is 10.6 Å². The van der Waals surface area contributed by atoms with Crippen molar-refractivity contribution in [1.29, 1.82) is 0 Å². The van der Waals surface area contributed by atoms with Crippen molar-refractivity contribution in [3.8, 4) is 0 Å². The van der Waals surface area contributed by atoms with Gasteiger partial charge in [0, 0.05) is 6.26 Å². The molecule has 0 saturated heterocycles. The van der Waals surface area contributed by atoms with Gasteiger partial charge < -0.3 is 10.6 Å². The van der Waals surface area contributed by atoms with Gasteiger partial charge in [0.25, 0.3) is 0 Å². The van der Waals surface area contributed by atoms with Gasteiger partial charge in [0.1, 0.15) is 10.7 Å². The molecule has 1 amide bonds. The van der Waals surface area contributed by atoms with E-state index in [4.69, 9.17) is 0 Å². The van der Waals surface area contributed by atoms with Crippen molar-refractivity contribution in [3.05, 3.63) is 29.6 Å². The molecule has 1 aromatic carbocycles. The van der Waals surface area contributed by atoms with Gasteiger partial charge in [-0.1, -0.05) is 6.07 Å². The molecular weight excluding hydrogens is 271 g/mol. The topological polar surface area (TPSA) is 75.3 Å². The summed E-state index contributed by atoms with van der Waals surface area (Å²) in [6, 6.07) is 3.43. The average molecular weight is 288 g/mol. The van der Waals surface area contributed by atoms with Gasteiger partial charge in [-0.2, -0.15) is 0 Å². The van der Waals surface area contributed by atoms with E-state index in [0.717, 1.165) is 12.3 Å². The standard InChI is InChI=1S/C12H17FN2O3S/c1-8(15-12(16)7-14-2)9-4-5-11(10(13)6-9)19(3,17)18/h4-6,8,14H,7H2,1-3H3,(H,15,16). The number of benzene rings is 1. The quantitative estimate of drug-likeness (QED) is 0.833. The van der Waals surface area contributed by atoms with Crippen LogP contribution in [0.3, 0.4) is 0 Å². The molecule has 0 saturated carbocycles. The van der Waals surface area contributed by atoms with Gasteiger partial charge in [-0.15, -0.1) is 0 Å². The minimum atomic E-state index is -3.58. The lowest BCUT2D eigenvalue weighted by Gasteiger charge is -2.15. The summed E-state index contributed by atoms with van der Waals surface area (Å²) in [6.45, 7) is 1.86. The monoisotopic (exact) mass is 288 g/mol. The van der Waals surface area contributed by atoms with Crippen molar-refractivity contribution >= 4 is 15.7 Å². The Kier molecular flexibility index (Phi) is 5.02. The summed E-state index contributed by atoms with van der Waals surface area (Å²) in [5, 5.41) is 5.36. The van der Waals surface area contributed by atoms with E-state index < -0.39 is 21.7 Å². The zero-order valence-corrected chi connectivity index (χ0v) is 11.8. The number of likely N-dealkylation sites (N-methyl/N-ethyl adjacent to an activating group) is 1. The van der Waals surface area contributed by atoms with Crippen LogP contribution in [0, 0.1) is 5.82 Å². The fraction of sp³-hybridized carbons (Fsp3) is 0.417. The molecule has 0 heterocycles. The van der Waals surface area contributed by atoms with E-state index in [0.29, 0.717) is 5.56 Å². The van der Waals surface area contributed by atoms with Crippen LogP contribution in [0.15, 0.2) is 23.1 Å². The molecule has 19 heavy (non-hydrogen) atoms. The van der Waals surface area contributed by atoms with Crippen LogP contribution >= 0.6 is 0 Å². The van der Waals surface area contributed by atoms with Crippen molar-refractivity contribution in [2.24, 2.45) is 0 Å². The Morgan fingerprint density at radius 3 is 2.53 bits per heavy atom. The van der Waals surface area contributed by atoms with E-state index in [1.807, 2.05) is 0 Å². The van der Waals surface area contributed by atoms with E-state index in [1.54, 1.807) is 14.0 Å². The number of sulfone groups is 1. The predicted molar refractivity (Wildman–Crippen MR) is 70.0 cm³/mol. The second-order valence-electron chi connectivity index (χ2n) is 4.28. The van der Waals surface area contributed by atoms with Crippen LogP contribution in [-0.2, 0) is 14.6 Å². The van der Waals surface area contributed by atoms with Crippen molar-refractivity contribution in [2.75, 3.05) is 19.8 Å². The maximum atomic E-state index is 13.7. The van der Waals surface area contributed by atoms with Gasteiger partial charge in [-0.05, 0) is 31.7 Å². The summed E-state index contributed by atoms with van der Waals surface area (Å²) in [5.41, 5.74) is 0.509. The fourth-order valence-corrected chi connectivity index (χ4v) is 2.35. The molecule has 2 N–H and O–H groups in total. The van der Waals surface area contributed by atoms with Crippen LogP contribution in [0.25, 0.3) is 0 Å². The SMILES string of the molecule is CNCC(=O)NC(C)c1ccc(S(C)(=O)=O)c(F)c1. The summed E-state index contributed by atoms with van der Waals surface area (Å²) in [4.78, 5) is 11.0. The molecule has 1 unspecified atom stereocenters. The number of amides is 1. The van der Waals surface area contributed by atoms with Gasteiger partial charge in [0.05, 0.1) is 12.6 Å². The van der Waals surface area contributed by atoms with Crippen LogP contribution in [-0.4, -0.2) is 34.2 Å². The third-order valence-electron chi connectivity index (χ3n) is 2.57. The van der Waals surface area contributed by atoms with Crippen LogP contribution in [0.1, 0.15) is 18.5 Å². The van der Waals surface area contributed by atoms with Gasteiger partial charge in [0.15, 0.2) is 9.84 Å². The molecule has 1 aromatic rings. The van der Waals surface area contributed by atoms with Crippen molar-refractivity contribution in [1.82, 2.24) is 10.6 Å². The van der Waals surface area contributed by atoms with E-state index in [1.165, 1.54) is 12.1 Å². The van der Waals surface area contributed by atoms with E-state index >= 15 is 0 Å². The molecule has 0 spiro atoms. The zero-order chi connectivity index (χ0) is 14.6. The van der Waals surface area contributed by atoms with E-state index in [9.17, 15) is 17.6 Å². The molecule has 5 nitrogen and oxygen atoms in total. The van der Waals surface area contributed by atoms with Crippen LogP contribution < -0.4 is 10.6 Å². The minimum Gasteiger partial charge on any atom is -0.348 e. The minimum absolute atomic E-state index is 0.161. The zero-order valence-electron chi connectivity index (χ0n) is 11.0. The summed E-state index contributed by atoms with van der Waals surface area (Å²) in [5.74, 6) is -1.03. The van der Waals surface area contributed by atoms with Crippen LogP contribution in [0.4, 0.5) is 4.39 Å². The lowest BCUT2D eigenvalue weighted by Crippen LogP contribution is -2.34. The molecule has 0 aliphatic carbocycles. The molecule has 0 bridgehead atoms. The molecule has 7 heteroatoms. The maximum absolute atomic E-state index is 13.7. The highest BCUT2D eigenvalue weighted by molar-refractivity contribution is 7.90. The molecular formula is C12H17FN2O3S. The summed E-state index contributed by atoms with van der Waals surface area (Å²) >= 11 is 0. The van der Waals surface area contributed by atoms with E-state index in [-0.39, 0.29) is 17.3 Å². The number of hydrogen-bond donors (Lipinski definition) is 2. The lowest BCUT2D eigenvalue weighted by molar-refractivity contribution is -0.120. The van der Waals surface area contributed by atoms with Gasteiger partial charge in [0.2, 0.25) is 5.91 Å². The molecule has 0 fully saturated rings. The first-order chi connectivity index (χ1) is 8.75. The Labute approximate surface area is 112 Å². The van der Waals surface area contributed by atoms with Gasteiger partial charge in [-0.25, -0.2) is 12.8 Å². The second-order valence-corrected chi connectivity index (χ2v) is 6.27. The smallest absolute Gasteiger partial charge is 0.234 e. The first kappa shape index (κ1) is 15.6. The maximum Gasteiger partial charge on any atom is 0.234 e. The van der Waals surface area contributed by atoms with Crippen molar-refractivity contribution < 1.29 is 17.6 Å². The normalized spacial score (nSPS) is 13.1. The van der Waals surface area contributed by atoms with Crippen LogP contribution in [0.5, 0.6) is 0 Å². The average Bonchev–Trinajstić information content (AvgIpc) is 2.27. The molecule has 1 atom stereocenters. The third-order valence-corrected chi connectivity index (χ3v) is 3.70.